The number of hydrogen-bond acceptors (Lipinski definition) is 5. The molecule has 0 aliphatic heterocycles. The van der Waals surface area contributed by atoms with Crippen molar-refractivity contribution in [3.63, 3.8) is 0 Å². The number of hydrogen-bond donors (Lipinski definition) is 1. The van der Waals surface area contributed by atoms with Crippen molar-refractivity contribution in [1.29, 1.82) is 0 Å². The summed E-state index contributed by atoms with van der Waals surface area (Å²) in [4.78, 5) is 11.2. The standard InChI is InChI=1S/C25H35NO5S/c1-3-4-5-6-7-8-16-30-24-12-9-21(10-13-24)18-23-19-22(20-27)11-14-25(23)31-17-15-26-32(2,28)29/h9-14,19-20,26H,3-8,15-18H2,1-2H3. The van der Waals surface area contributed by atoms with Gasteiger partial charge in [-0.3, -0.25) is 4.79 Å². The molecule has 0 heterocycles. The predicted molar refractivity (Wildman–Crippen MR) is 128 cm³/mol. The van der Waals surface area contributed by atoms with Crippen LogP contribution in [-0.4, -0.2) is 40.7 Å². The lowest BCUT2D eigenvalue weighted by molar-refractivity contribution is 0.112. The fourth-order valence-corrected chi connectivity index (χ4v) is 3.79. The summed E-state index contributed by atoms with van der Waals surface area (Å²) in [6, 6.07) is 13.2. The highest BCUT2D eigenvalue weighted by molar-refractivity contribution is 7.88. The van der Waals surface area contributed by atoms with Gasteiger partial charge in [-0.2, -0.15) is 0 Å². The quantitative estimate of drug-likeness (QED) is 0.288. The monoisotopic (exact) mass is 461 g/mol. The topological polar surface area (TPSA) is 81.7 Å². The SMILES string of the molecule is CCCCCCCCOc1ccc(Cc2cc(C=O)ccc2OCCNS(C)(=O)=O)cc1. The molecule has 0 aromatic heterocycles. The van der Waals surface area contributed by atoms with Gasteiger partial charge in [-0.15, -0.1) is 0 Å². The van der Waals surface area contributed by atoms with Crippen LogP contribution >= 0.6 is 0 Å². The Bertz CT molecular complexity index is 926. The van der Waals surface area contributed by atoms with Gasteiger partial charge in [0.1, 0.15) is 24.4 Å². The summed E-state index contributed by atoms with van der Waals surface area (Å²) in [7, 11) is -3.25. The van der Waals surface area contributed by atoms with Crippen molar-refractivity contribution in [3.8, 4) is 11.5 Å². The van der Waals surface area contributed by atoms with E-state index in [1.54, 1.807) is 18.2 Å². The van der Waals surface area contributed by atoms with Crippen LogP contribution in [0.3, 0.4) is 0 Å². The third-order valence-electron chi connectivity index (χ3n) is 5.03. The molecule has 7 heteroatoms. The number of nitrogens with one attached hydrogen (secondary N) is 1. The minimum Gasteiger partial charge on any atom is -0.494 e. The Morgan fingerprint density at radius 1 is 0.906 bits per heavy atom. The van der Waals surface area contributed by atoms with Gasteiger partial charge in [0.25, 0.3) is 0 Å². The van der Waals surface area contributed by atoms with Crippen LogP contribution in [0.25, 0.3) is 0 Å². The molecular weight excluding hydrogens is 426 g/mol. The van der Waals surface area contributed by atoms with Gasteiger partial charge in [0.2, 0.25) is 10.0 Å². The highest BCUT2D eigenvalue weighted by Gasteiger charge is 2.08. The summed E-state index contributed by atoms with van der Waals surface area (Å²) in [5.41, 5.74) is 2.51. The van der Waals surface area contributed by atoms with E-state index in [1.807, 2.05) is 24.3 Å². The first-order valence-electron chi connectivity index (χ1n) is 11.3. The van der Waals surface area contributed by atoms with Crippen LogP contribution in [0.1, 0.15) is 66.9 Å². The summed E-state index contributed by atoms with van der Waals surface area (Å²) in [6.07, 6.45) is 9.91. The highest BCUT2D eigenvalue weighted by atomic mass is 32.2. The molecule has 0 saturated heterocycles. The molecule has 0 radical (unpaired) electrons. The molecule has 2 aromatic carbocycles. The molecule has 0 amide bonds. The van der Waals surface area contributed by atoms with Gasteiger partial charge in [0, 0.05) is 18.5 Å². The average Bonchev–Trinajstić information content (AvgIpc) is 2.77. The number of carbonyl (C=O) groups excluding carboxylic acids is 1. The van der Waals surface area contributed by atoms with E-state index in [-0.39, 0.29) is 13.2 Å². The Kier molecular flexibility index (Phi) is 11.2. The summed E-state index contributed by atoms with van der Waals surface area (Å²) in [5.74, 6) is 1.49. The molecule has 32 heavy (non-hydrogen) atoms. The Labute approximate surface area is 192 Å². The van der Waals surface area contributed by atoms with E-state index in [0.717, 1.165) is 42.4 Å². The number of benzene rings is 2. The lowest BCUT2D eigenvalue weighted by Gasteiger charge is -2.13. The van der Waals surface area contributed by atoms with E-state index in [4.69, 9.17) is 9.47 Å². The highest BCUT2D eigenvalue weighted by Crippen LogP contribution is 2.24. The number of unbranched alkanes of at least 4 members (excludes halogenated alkanes) is 5. The molecule has 0 bridgehead atoms. The second-order valence-electron chi connectivity index (χ2n) is 7.94. The number of aldehydes is 1. The average molecular weight is 462 g/mol. The molecule has 0 fully saturated rings. The molecule has 2 rings (SSSR count). The maximum absolute atomic E-state index is 11.2. The number of rotatable bonds is 16. The number of carbonyl (C=O) groups is 1. The third kappa shape index (κ3) is 10.3. The lowest BCUT2D eigenvalue weighted by atomic mass is 10.0. The van der Waals surface area contributed by atoms with Crippen LogP contribution in [0.2, 0.25) is 0 Å². The molecular formula is C25H35NO5S. The molecule has 0 aliphatic rings. The first kappa shape index (κ1) is 25.9. The van der Waals surface area contributed by atoms with E-state index in [0.29, 0.717) is 17.7 Å². The largest absolute Gasteiger partial charge is 0.494 e. The molecule has 0 saturated carbocycles. The van der Waals surface area contributed by atoms with Gasteiger partial charge in [0.15, 0.2) is 0 Å². The summed E-state index contributed by atoms with van der Waals surface area (Å²) < 4.78 is 36.4. The molecule has 0 spiro atoms. The molecule has 0 unspecified atom stereocenters. The Hall–Kier alpha value is -2.38. The first-order chi connectivity index (χ1) is 15.4. The van der Waals surface area contributed by atoms with Crippen LogP contribution < -0.4 is 14.2 Å². The Morgan fingerprint density at radius 2 is 1.62 bits per heavy atom. The van der Waals surface area contributed by atoms with Gasteiger partial charge >= 0.3 is 0 Å². The van der Waals surface area contributed by atoms with Gasteiger partial charge in [0.05, 0.1) is 12.9 Å². The van der Waals surface area contributed by atoms with E-state index in [2.05, 4.69) is 11.6 Å². The first-order valence-corrected chi connectivity index (χ1v) is 13.2. The number of ether oxygens (including phenoxy) is 2. The third-order valence-corrected chi connectivity index (χ3v) is 5.76. The van der Waals surface area contributed by atoms with Crippen LogP contribution in [0, 0.1) is 0 Å². The lowest BCUT2D eigenvalue weighted by Crippen LogP contribution is -2.27. The zero-order valence-corrected chi connectivity index (χ0v) is 20.0. The van der Waals surface area contributed by atoms with Gasteiger partial charge < -0.3 is 9.47 Å². The van der Waals surface area contributed by atoms with Gasteiger partial charge in [-0.25, -0.2) is 13.1 Å². The molecule has 2 aromatic rings. The van der Waals surface area contributed by atoms with E-state index >= 15 is 0 Å². The molecule has 176 valence electrons. The number of sulfonamides is 1. The summed E-state index contributed by atoms with van der Waals surface area (Å²) >= 11 is 0. The van der Waals surface area contributed by atoms with E-state index < -0.39 is 10.0 Å². The van der Waals surface area contributed by atoms with Crippen molar-refractivity contribution in [3.05, 3.63) is 59.2 Å². The predicted octanol–water partition coefficient (Wildman–Crippen LogP) is 4.76. The van der Waals surface area contributed by atoms with E-state index in [9.17, 15) is 13.2 Å². The summed E-state index contributed by atoms with van der Waals surface area (Å²) in [6.45, 7) is 3.33. The van der Waals surface area contributed by atoms with E-state index in [1.165, 1.54) is 32.1 Å². The van der Waals surface area contributed by atoms with Gasteiger partial charge in [-0.1, -0.05) is 51.2 Å². The normalized spacial score (nSPS) is 11.3. The van der Waals surface area contributed by atoms with Crippen molar-refractivity contribution >= 4 is 16.3 Å². The fourth-order valence-electron chi connectivity index (χ4n) is 3.34. The molecule has 0 aliphatic carbocycles. The maximum Gasteiger partial charge on any atom is 0.208 e. The zero-order valence-electron chi connectivity index (χ0n) is 19.1. The Morgan fingerprint density at radius 3 is 2.31 bits per heavy atom. The molecule has 0 atom stereocenters. The molecule has 6 nitrogen and oxygen atoms in total. The van der Waals surface area contributed by atoms with Crippen LogP contribution in [0.4, 0.5) is 0 Å². The van der Waals surface area contributed by atoms with Crippen LogP contribution in [0.15, 0.2) is 42.5 Å². The van der Waals surface area contributed by atoms with Crippen molar-refractivity contribution in [2.75, 3.05) is 26.0 Å². The fraction of sp³-hybridized carbons (Fsp3) is 0.480. The Balaban J connectivity index is 1.89. The maximum atomic E-state index is 11.2. The minimum atomic E-state index is -3.25. The van der Waals surface area contributed by atoms with Crippen molar-refractivity contribution in [1.82, 2.24) is 4.72 Å². The van der Waals surface area contributed by atoms with Crippen molar-refractivity contribution < 1.29 is 22.7 Å². The van der Waals surface area contributed by atoms with Crippen molar-refractivity contribution in [2.45, 2.75) is 51.9 Å². The van der Waals surface area contributed by atoms with Gasteiger partial charge in [-0.05, 0) is 47.9 Å². The van der Waals surface area contributed by atoms with Crippen LogP contribution in [0.5, 0.6) is 11.5 Å². The van der Waals surface area contributed by atoms with Crippen LogP contribution in [-0.2, 0) is 16.4 Å². The second kappa shape index (κ2) is 13.9. The molecule has 1 N–H and O–H groups in total. The van der Waals surface area contributed by atoms with Crippen molar-refractivity contribution in [2.24, 2.45) is 0 Å². The summed E-state index contributed by atoms with van der Waals surface area (Å²) in [5, 5.41) is 0. The minimum absolute atomic E-state index is 0.179. The second-order valence-corrected chi connectivity index (χ2v) is 9.77. The zero-order chi connectivity index (χ0) is 23.2. The smallest absolute Gasteiger partial charge is 0.208 e.